The smallest absolute Gasteiger partial charge is 0.245 e. The van der Waals surface area contributed by atoms with Crippen LogP contribution < -0.4 is 15.0 Å². The molecule has 0 aliphatic carbocycles. The van der Waals surface area contributed by atoms with Crippen molar-refractivity contribution in [3.63, 3.8) is 0 Å². The summed E-state index contributed by atoms with van der Waals surface area (Å²) in [6.45, 7) is 0. The van der Waals surface area contributed by atoms with Crippen LogP contribution in [0.3, 0.4) is 0 Å². The number of amides is 1. The molecule has 0 bridgehead atoms. The van der Waals surface area contributed by atoms with Crippen LogP contribution in [0.5, 0.6) is 11.5 Å². The van der Waals surface area contributed by atoms with Gasteiger partial charge in [0.15, 0.2) is 11.6 Å². The lowest BCUT2D eigenvalue weighted by atomic mass is 10.1. The van der Waals surface area contributed by atoms with E-state index in [0.29, 0.717) is 18.7 Å². The lowest BCUT2D eigenvalue weighted by molar-refractivity contribution is -0.121. The van der Waals surface area contributed by atoms with Crippen LogP contribution in [0, 0.1) is 11.6 Å². The van der Waals surface area contributed by atoms with E-state index in [1.807, 2.05) is 12.1 Å². The van der Waals surface area contributed by atoms with Gasteiger partial charge in [-0.25, -0.2) is 13.8 Å². The van der Waals surface area contributed by atoms with E-state index >= 15 is 0 Å². The number of nitrogens with one attached hydrogen (secondary N) is 1. The summed E-state index contributed by atoms with van der Waals surface area (Å²) in [5.74, 6) is -1.14. The molecule has 160 valence electrons. The molecular formula is C22H20F2N4O3. The zero-order valence-electron chi connectivity index (χ0n) is 16.6. The molecule has 7 nitrogen and oxygen atoms in total. The Bertz CT molecular complexity index is 1110. The number of ether oxygens (including phenoxy) is 1. The number of nitrogens with zero attached hydrogens (tertiary/aromatic N) is 3. The van der Waals surface area contributed by atoms with Crippen LogP contribution in [-0.4, -0.2) is 34.1 Å². The monoisotopic (exact) mass is 426 g/mol. The van der Waals surface area contributed by atoms with Gasteiger partial charge in [-0.05, 0) is 42.7 Å². The summed E-state index contributed by atoms with van der Waals surface area (Å²) in [7, 11) is 1.64. The predicted octanol–water partition coefficient (Wildman–Crippen LogP) is 3.11. The van der Waals surface area contributed by atoms with E-state index in [0.717, 1.165) is 17.7 Å². The van der Waals surface area contributed by atoms with Gasteiger partial charge >= 0.3 is 0 Å². The van der Waals surface area contributed by atoms with Crippen molar-refractivity contribution in [3.8, 4) is 11.5 Å². The average molecular weight is 426 g/mol. The quantitative estimate of drug-likeness (QED) is 0.610. The molecule has 0 fully saturated rings. The van der Waals surface area contributed by atoms with E-state index in [1.165, 1.54) is 29.3 Å². The lowest BCUT2D eigenvalue weighted by Gasteiger charge is -2.23. The summed E-state index contributed by atoms with van der Waals surface area (Å²) in [6, 6.07) is 8.95. The van der Waals surface area contributed by atoms with Crippen molar-refractivity contribution < 1.29 is 23.4 Å². The number of halogens is 2. The van der Waals surface area contributed by atoms with Gasteiger partial charge in [0.2, 0.25) is 5.91 Å². The molecule has 1 aliphatic rings. The molecule has 1 unspecified atom stereocenters. The number of pyridine rings is 2. The summed E-state index contributed by atoms with van der Waals surface area (Å²) >= 11 is 0. The molecule has 2 N–H and O–H groups in total. The third kappa shape index (κ3) is 4.52. The van der Waals surface area contributed by atoms with Gasteiger partial charge in [0.05, 0.1) is 11.7 Å². The number of hydrogen-bond acceptors (Lipinski definition) is 6. The Morgan fingerprint density at radius 1 is 1.19 bits per heavy atom. The van der Waals surface area contributed by atoms with Crippen molar-refractivity contribution in [2.24, 2.45) is 0 Å². The Balaban J connectivity index is 1.48. The fourth-order valence-electron chi connectivity index (χ4n) is 3.45. The number of hydrogen-bond donors (Lipinski definition) is 2. The first-order valence-electron chi connectivity index (χ1n) is 9.67. The van der Waals surface area contributed by atoms with Crippen LogP contribution >= 0.6 is 0 Å². The van der Waals surface area contributed by atoms with Crippen LogP contribution in [0.4, 0.5) is 14.6 Å². The largest absolute Gasteiger partial charge is 0.454 e. The number of aryl methyl sites for hydroxylation is 1. The number of aromatic nitrogens is 2. The molecule has 2 aromatic heterocycles. The minimum absolute atomic E-state index is 0.160. The minimum Gasteiger partial charge on any atom is -0.454 e. The number of rotatable bonds is 5. The second kappa shape index (κ2) is 8.75. The molecule has 0 saturated heterocycles. The topological polar surface area (TPSA) is 87.6 Å². The van der Waals surface area contributed by atoms with Gasteiger partial charge in [0, 0.05) is 31.6 Å². The number of aliphatic hydroxyl groups excluding tert-OH is 1. The molecule has 1 amide bonds. The summed E-state index contributed by atoms with van der Waals surface area (Å²) in [5.41, 5.74) is 1.14. The van der Waals surface area contributed by atoms with Gasteiger partial charge in [-0.1, -0.05) is 6.07 Å². The van der Waals surface area contributed by atoms with Gasteiger partial charge in [0.25, 0.3) is 0 Å². The number of likely N-dealkylation sites (N-methyl/N-ethyl adjacent to an activating group) is 1. The number of benzene rings is 1. The van der Waals surface area contributed by atoms with E-state index in [4.69, 9.17) is 4.74 Å². The second-order valence-electron chi connectivity index (χ2n) is 7.14. The number of anilines is 1. The van der Waals surface area contributed by atoms with Crippen molar-refractivity contribution in [1.82, 2.24) is 15.3 Å². The molecule has 1 aliphatic heterocycles. The number of carbonyl (C=O) groups excluding carboxylic acids is 1. The van der Waals surface area contributed by atoms with E-state index in [-0.39, 0.29) is 23.1 Å². The maximum atomic E-state index is 13.8. The highest BCUT2D eigenvalue weighted by Gasteiger charge is 2.30. The van der Waals surface area contributed by atoms with Crippen LogP contribution in [0.1, 0.15) is 23.9 Å². The summed E-state index contributed by atoms with van der Waals surface area (Å²) in [5, 5.41) is 13.5. The minimum atomic E-state index is -1.27. The highest BCUT2D eigenvalue weighted by Crippen LogP contribution is 2.27. The molecule has 0 saturated carbocycles. The summed E-state index contributed by atoms with van der Waals surface area (Å²) in [4.78, 5) is 22.7. The van der Waals surface area contributed by atoms with Crippen molar-refractivity contribution in [2.45, 2.75) is 25.1 Å². The molecule has 9 heteroatoms. The maximum Gasteiger partial charge on any atom is 0.245 e. The second-order valence-corrected chi connectivity index (χ2v) is 7.14. The highest BCUT2D eigenvalue weighted by molar-refractivity contribution is 5.97. The fraction of sp³-hybridized carbons (Fsp3) is 0.227. The number of fused-ring (bicyclic) bond motifs is 1. The van der Waals surface area contributed by atoms with Crippen molar-refractivity contribution in [1.29, 1.82) is 0 Å². The van der Waals surface area contributed by atoms with Gasteiger partial charge in [-0.2, -0.15) is 0 Å². The third-order valence-electron chi connectivity index (χ3n) is 5.03. The van der Waals surface area contributed by atoms with Gasteiger partial charge < -0.3 is 9.84 Å². The molecular weight excluding hydrogens is 406 g/mol. The molecule has 31 heavy (non-hydrogen) atoms. The molecule has 3 aromatic rings. The first-order valence-corrected chi connectivity index (χ1v) is 9.67. The first kappa shape index (κ1) is 20.8. The molecule has 1 aromatic carbocycles. The van der Waals surface area contributed by atoms with Crippen molar-refractivity contribution >= 4 is 11.7 Å². The van der Waals surface area contributed by atoms with Crippen LogP contribution in [0.25, 0.3) is 0 Å². The SMILES string of the molecule is CN1C(=O)[C@@H](NC(O)c2cc(Oc3ccc(F)cc3F)ccn2)CCc2cccnc21. The van der Waals surface area contributed by atoms with Gasteiger partial charge in [-0.3, -0.25) is 20.0 Å². The number of aliphatic hydroxyl groups is 1. The highest BCUT2D eigenvalue weighted by atomic mass is 19.1. The molecule has 0 spiro atoms. The Morgan fingerprint density at radius 2 is 2.03 bits per heavy atom. The summed E-state index contributed by atoms with van der Waals surface area (Å²) in [6.07, 6.45) is 2.83. The molecule has 0 radical (unpaired) electrons. The Labute approximate surface area is 177 Å². The van der Waals surface area contributed by atoms with E-state index in [9.17, 15) is 18.7 Å². The van der Waals surface area contributed by atoms with Crippen LogP contribution in [0.15, 0.2) is 54.9 Å². The van der Waals surface area contributed by atoms with Crippen molar-refractivity contribution in [2.75, 3.05) is 11.9 Å². The zero-order valence-corrected chi connectivity index (χ0v) is 16.6. The normalized spacial score (nSPS) is 17.1. The third-order valence-corrected chi connectivity index (χ3v) is 5.03. The van der Waals surface area contributed by atoms with E-state index < -0.39 is 23.9 Å². The van der Waals surface area contributed by atoms with Crippen LogP contribution in [-0.2, 0) is 11.2 Å². The van der Waals surface area contributed by atoms with Crippen molar-refractivity contribution in [3.05, 3.63) is 77.8 Å². The fourth-order valence-corrected chi connectivity index (χ4v) is 3.45. The lowest BCUT2D eigenvalue weighted by Crippen LogP contribution is -2.46. The van der Waals surface area contributed by atoms with Gasteiger partial charge in [0.1, 0.15) is 23.6 Å². The number of carbonyl (C=O) groups is 1. The Hall–Kier alpha value is -3.43. The molecule has 3 heterocycles. The van der Waals surface area contributed by atoms with Crippen LogP contribution in [0.2, 0.25) is 0 Å². The first-order chi connectivity index (χ1) is 14.9. The Kier molecular flexibility index (Phi) is 5.88. The van der Waals surface area contributed by atoms with E-state index in [1.54, 1.807) is 13.2 Å². The molecule has 2 atom stereocenters. The maximum absolute atomic E-state index is 13.8. The molecule has 4 rings (SSSR count). The Morgan fingerprint density at radius 3 is 2.84 bits per heavy atom. The van der Waals surface area contributed by atoms with Gasteiger partial charge in [-0.15, -0.1) is 0 Å². The summed E-state index contributed by atoms with van der Waals surface area (Å²) < 4.78 is 32.4. The average Bonchev–Trinajstić information content (AvgIpc) is 2.88. The zero-order chi connectivity index (χ0) is 22.0. The van der Waals surface area contributed by atoms with E-state index in [2.05, 4.69) is 15.3 Å². The predicted molar refractivity (Wildman–Crippen MR) is 109 cm³/mol. The standard InChI is InChI=1S/C22H20F2N4O3/c1-28-20-13(3-2-9-26-20)4-6-17(22(28)30)27-21(29)18-12-15(8-10-25-18)31-19-7-5-14(23)11-16(19)24/h2-3,5,7-12,17,21,27,29H,4,6H2,1H3/t17-,21?/m0/s1.